The molecule has 7 nitrogen and oxygen atoms in total. The number of nitrogens with one attached hydrogen (secondary N) is 1. The molecule has 0 spiro atoms. The van der Waals surface area contributed by atoms with Gasteiger partial charge in [0, 0.05) is 25.8 Å². The van der Waals surface area contributed by atoms with Gasteiger partial charge in [-0.05, 0) is 19.3 Å². The summed E-state index contributed by atoms with van der Waals surface area (Å²) in [5, 5.41) is 32.8. The van der Waals surface area contributed by atoms with Crippen LogP contribution in [0.1, 0.15) is 38.5 Å². The fraction of sp³-hybridized carbons (Fsp3) is 0.733. The van der Waals surface area contributed by atoms with Crippen molar-refractivity contribution in [1.29, 1.82) is 0 Å². The van der Waals surface area contributed by atoms with Crippen molar-refractivity contribution in [3.8, 4) is 0 Å². The first kappa shape index (κ1) is 16.9. The van der Waals surface area contributed by atoms with E-state index in [1.54, 1.807) is 6.08 Å². The number of esters is 1. The van der Waals surface area contributed by atoms with Crippen molar-refractivity contribution in [3.05, 3.63) is 12.2 Å². The Kier molecular flexibility index (Phi) is 5.55. The third kappa shape index (κ3) is 4.06. The highest BCUT2D eigenvalue weighted by atomic mass is 16.6. The zero-order valence-corrected chi connectivity index (χ0v) is 12.4. The van der Waals surface area contributed by atoms with Gasteiger partial charge in [0.1, 0.15) is 17.8 Å². The van der Waals surface area contributed by atoms with Crippen LogP contribution >= 0.6 is 0 Å². The monoisotopic (exact) mass is 313 g/mol. The minimum absolute atomic E-state index is 0.206. The fourth-order valence-corrected chi connectivity index (χ4v) is 2.82. The van der Waals surface area contributed by atoms with Crippen LogP contribution < -0.4 is 5.32 Å². The molecule has 1 heterocycles. The summed E-state index contributed by atoms with van der Waals surface area (Å²) in [5.74, 6) is -1.14. The van der Waals surface area contributed by atoms with E-state index in [1.165, 1.54) is 0 Å². The Hall–Kier alpha value is -1.44. The second kappa shape index (κ2) is 7.21. The van der Waals surface area contributed by atoms with Crippen molar-refractivity contribution in [2.24, 2.45) is 0 Å². The van der Waals surface area contributed by atoms with Gasteiger partial charge in [0.05, 0.1) is 6.10 Å². The number of hydrogen-bond donors (Lipinski definition) is 4. The van der Waals surface area contributed by atoms with Gasteiger partial charge in [0.25, 0.3) is 5.91 Å². The summed E-state index contributed by atoms with van der Waals surface area (Å²) in [4.78, 5) is 23.9. The predicted molar refractivity (Wildman–Crippen MR) is 76.7 cm³/mol. The van der Waals surface area contributed by atoms with Gasteiger partial charge in [-0.1, -0.05) is 12.2 Å². The van der Waals surface area contributed by atoms with Gasteiger partial charge in [-0.3, -0.25) is 9.59 Å². The molecule has 2 rings (SSSR count). The van der Waals surface area contributed by atoms with Gasteiger partial charge >= 0.3 is 5.97 Å². The topological polar surface area (TPSA) is 116 Å². The first-order valence-electron chi connectivity index (χ1n) is 7.64. The maximum Gasteiger partial charge on any atom is 0.306 e. The Morgan fingerprint density at radius 1 is 1.18 bits per heavy atom. The summed E-state index contributed by atoms with van der Waals surface area (Å²) >= 11 is 0. The lowest BCUT2D eigenvalue weighted by Crippen LogP contribution is -2.59. The van der Waals surface area contributed by atoms with Crippen molar-refractivity contribution in [1.82, 2.24) is 5.32 Å². The molecule has 124 valence electrons. The maximum absolute atomic E-state index is 12.1. The van der Waals surface area contributed by atoms with Crippen LogP contribution in [-0.4, -0.2) is 57.7 Å². The first-order chi connectivity index (χ1) is 10.4. The van der Waals surface area contributed by atoms with E-state index in [1.807, 2.05) is 6.08 Å². The summed E-state index contributed by atoms with van der Waals surface area (Å²) in [7, 11) is 0. The quantitative estimate of drug-likeness (QED) is 0.350. The molecule has 2 bridgehead atoms. The van der Waals surface area contributed by atoms with Crippen LogP contribution in [0.4, 0.5) is 0 Å². The highest BCUT2D eigenvalue weighted by molar-refractivity contribution is 5.85. The van der Waals surface area contributed by atoms with Gasteiger partial charge < -0.3 is 25.4 Å². The molecule has 4 N–H and O–H groups in total. The maximum atomic E-state index is 12.1. The predicted octanol–water partition coefficient (Wildman–Crippen LogP) is -0.609. The standard InChI is InChI=1S/C15H23NO6/c17-10-8-15(21)9-11(13(10)19)22-12(18)6-4-2-1-3-5-7-16-14(15)20/h3,5,10-11,13,17,19,21H,1-2,4,6-9H2,(H,16,20)/b5-3-/t10-,11?,13-,15+/m1/s1. The van der Waals surface area contributed by atoms with Gasteiger partial charge in [-0.15, -0.1) is 0 Å². The largest absolute Gasteiger partial charge is 0.459 e. The lowest BCUT2D eigenvalue weighted by atomic mass is 9.79. The third-order valence-corrected chi connectivity index (χ3v) is 4.12. The van der Waals surface area contributed by atoms with Crippen LogP contribution in [0.5, 0.6) is 0 Å². The molecule has 0 aromatic carbocycles. The molecule has 0 aromatic rings. The number of aliphatic hydroxyl groups is 3. The van der Waals surface area contributed by atoms with Crippen LogP contribution in [0.3, 0.4) is 0 Å². The lowest BCUT2D eigenvalue weighted by molar-refractivity contribution is -0.190. The summed E-state index contributed by atoms with van der Waals surface area (Å²) in [6.45, 7) is 0.282. The third-order valence-electron chi connectivity index (χ3n) is 4.12. The highest BCUT2D eigenvalue weighted by Gasteiger charge is 2.50. The average Bonchev–Trinajstić information content (AvgIpc) is 2.46. The van der Waals surface area contributed by atoms with Crippen molar-refractivity contribution in [2.45, 2.75) is 62.4 Å². The van der Waals surface area contributed by atoms with Crippen LogP contribution in [0.25, 0.3) is 0 Å². The Labute approximate surface area is 129 Å². The van der Waals surface area contributed by atoms with E-state index in [4.69, 9.17) is 4.74 Å². The molecule has 0 saturated heterocycles. The molecule has 1 aliphatic heterocycles. The second-order valence-corrected chi connectivity index (χ2v) is 5.95. The van der Waals surface area contributed by atoms with Crippen LogP contribution in [0, 0.1) is 0 Å². The molecule has 22 heavy (non-hydrogen) atoms. The number of allylic oxidation sites excluding steroid dienone is 1. The minimum Gasteiger partial charge on any atom is -0.459 e. The molecule has 1 unspecified atom stereocenters. The number of fused-ring (bicyclic) bond motifs is 2. The summed E-state index contributed by atoms with van der Waals surface area (Å²) in [5.41, 5.74) is -1.86. The van der Waals surface area contributed by atoms with E-state index in [-0.39, 0.29) is 25.8 Å². The van der Waals surface area contributed by atoms with Crippen molar-refractivity contribution in [2.75, 3.05) is 6.54 Å². The Morgan fingerprint density at radius 2 is 1.95 bits per heavy atom. The molecule has 0 aromatic heterocycles. The summed E-state index contributed by atoms with van der Waals surface area (Å²) in [6.07, 6.45) is 1.92. The van der Waals surface area contributed by atoms with Crippen molar-refractivity contribution < 1.29 is 29.6 Å². The molecule has 4 atom stereocenters. The number of amides is 1. The van der Waals surface area contributed by atoms with E-state index in [2.05, 4.69) is 5.32 Å². The average molecular weight is 313 g/mol. The number of aliphatic hydroxyl groups excluding tert-OH is 2. The van der Waals surface area contributed by atoms with Gasteiger partial charge in [0.15, 0.2) is 0 Å². The van der Waals surface area contributed by atoms with E-state index >= 15 is 0 Å². The highest BCUT2D eigenvalue weighted by Crippen LogP contribution is 2.31. The molecule has 1 amide bonds. The lowest BCUT2D eigenvalue weighted by Gasteiger charge is -2.40. The van der Waals surface area contributed by atoms with Crippen molar-refractivity contribution in [3.63, 3.8) is 0 Å². The normalized spacial score (nSPS) is 39.3. The van der Waals surface area contributed by atoms with Crippen molar-refractivity contribution >= 4 is 11.9 Å². The van der Waals surface area contributed by atoms with Gasteiger partial charge in [-0.2, -0.15) is 0 Å². The van der Waals surface area contributed by atoms with Crippen LogP contribution in [0.2, 0.25) is 0 Å². The molecule has 1 aliphatic carbocycles. The molecular formula is C15H23NO6. The second-order valence-electron chi connectivity index (χ2n) is 5.95. The molecule has 2 aliphatic rings. The smallest absolute Gasteiger partial charge is 0.306 e. The van der Waals surface area contributed by atoms with Crippen LogP contribution in [0.15, 0.2) is 12.2 Å². The number of carbonyl (C=O) groups is 2. The number of carbonyl (C=O) groups excluding carboxylic acids is 2. The van der Waals surface area contributed by atoms with E-state index in [0.29, 0.717) is 6.42 Å². The first-order valence-corrected chi connectivity index (χ1v) is 7.64. The van der Waals surface area contributed by atoms with Gasteiger partial charge in [-0.25, -0.2) is 0 Å². The number of ether oxygens (including phenoxy) is 1. The zero-order chi connectivity index (χ0) is 16.2. The Bertz CT molecular complexity index is 451. The Morgan fingerprint density at radius 3 is 2.73 bits per heavy atom. The SMILES string of the molecule is O=C1CCCC/C=C\CNC(=O)[C@@]2(O)CC(O1)[C@H](O)[C@H](O)C2. The Balaban J connectivity index is 2.17. The molecule has 1 fully saturated rings. The van der Waals surface area contributed by atoms with E-state index < -0.39 is 35.8 Å². The van der Waals surface area contributed by atoms with E-state index in [9.17, 15) is 24.9 Å². The summed E-state index contributed by atoms with van der Waals surface area (Å²) in [6, 6.07) is 0. The van der Waals surface area contributed by atoms with Crippen LogP contribution in [-0.2, 0) is 14.3 Å². The number of hydrogen-bond acceptors (Lipinski definition) is 6. The minimum atomic E-state index is -1.86. The van der Waals surface area contributed by atoms with Gasteiger partial charge in [0.2, 0.25) is 0 Å². The molecule has 0 radical (unpaired) electrons. The fourth-order valence-electron chi connectivity index (χ4n) is 2.82. The molecular weight excluding hydrogens is 290 g/mol. The number of rotatable bonds is 0. The van der Waals surface area contributed by atoms with E-state index in [0.717, 1.165) is 12.8 Å². The molecule has 7 heteroatoms. The molecule has 1 saturated carbocycles. The summed E-state index contributed by atoms with van der Waals surface area (Å²) < 4.78 is 5.16. The zero-order valence-electron chi connectivity index (χ0n) is 12.4.